The molecule has 1 aromatic carbocycles. The number of rotatable bonds is 5. The van der Waals surface area contributed by atoms with Crippen molar-refractivity contribution in [2.75, 3.05) is 18.0 Å². The van der Waals surface area contributed by atoms with Gasteiger partial charge in [-0.3, -0.25) is 0 Å². The summed E-state index contributed by atoms with van der Waals surface area (Å²) in [6, 6.07) is 6.47. The van der Waals surface area contributed by atoms with Crippen LogP contribution in [0.15, 0.2) is 35.9 Å². The molecule has 1 N–H and O–H groups in total. The number of likely N-dealkylation sites (N-methyl/N-ethyl adjacent to an activating group) is 1. The number of hydrogen-bond donors (Lipinski definition) is 1. The van der Waals surface area contributed by atoms with Crippen LogP contribution in [0.2, 0.25) is 0 Å². The minimum Gasteiger partial charge on any atom is -0.478 e. The normalized spacial score (nSPS) is 11.4. The molecule has 0 atom stereocenters. The zero-order valence-corrected chi connectivity index (χ0v) is 9.98. The van der Waals surface area contributed by atoms with E-state index in [1.807, 2.05) is 6.92 Å². The Bertz CT molecular complexity index is 429. The van der Waals surface area contributed by atoms with E-state index in [4.69, 9.17) is 5.11 Å². The monoisotopic (exact) mass is 237 g/mol. The van der Waals surface area contributed by atoms with E-state index < -0.39 is 5.97 Å². The van der Waals surface area contributed by atoms with Gasteiger partial charge in [0, 0.05) is 18.7 Å². The van der Waals surface area contributed by atoms with Crippen molar-refractivity contribution in [1.82, 2.24) is 0 Å². The summed E-state index contributed by atoms with van der Waals surface area (Å²) in [4.78, 5) is 12.4. The van der Waals surface area contributed by atoms with Crippen LogP contribution in [0.1, 0.15) is 13.8 Å². The molecule has 0 bridgehead atoms. The van der Waals surface area contributed by atoms with E-state index >= 15 is 0 Å². The Hall–Kier alpha value is -1.84. The third kappa shape index (κ3) is 3.59. The Morgan fingerprint density at radius 2 is 2.12 bits per heavy atom. The van der Waals surface area contributed by atoms with Crippen LogP contribution >= 0.6 is 0 Å². The number of anilines is 1. The Morgan fingerprint density at radius 1 is 1.47 bits per heavy atom. The quantitative estimate of drug-likeness (QED) is 0.800. The zero-order valence-electron chi connectivity index (χ0n) is 9.98. The van der Waals surface area contributed by atoms with E-state index in [2.05, 4.69) is 0 Å². The molecule has 0 saturated heterocycles. The Balaban J connectivity index is 2.84. The van der Waals surface area contributed by atoms with Crippen molar-refractivity contribution in [2.45, 2.75) is 13.8 Å². The molecule has 0 aromatic heterocycles. The fourth-order valence-corrected chi connectivity index (χ4v) is 1.44. The Labute approximate surface area is 100 Å². The highest BCUT2D eigenvalue weighted by Gasteiger charge is 2.08. The number of halogens is 1. The maximum atomic E-state index is 13.5. The molecule has 0 amide bonds. The van der Waals surface area contributed by atoms with Crippen LogP contribution in [0.3, 0.4) is 0 Å². The first-order valence-corrected chi connectivity index (χ1v) is 5.45. The Kier molecular flexibility index (Phi) is 4.69. The first-order valence-electron chi connectivity index (χ1n) is 5.45. The van der Waals surface area contributed by atoms with E-state index in [9.17, 15) is 9.18 Å². The van der Waals surface area contributed by atoms with Crippen LogP contribution in [-0.4, -0.2) is 24.2 Å². The third-order valence-electron chi connectivity index (χ3n) is 2.53. The fourth-order valence-electron chi connectivity index (χ4n) is 1.44. The topological polar surface area (TPSA) is 40.5 Å². The molecule has 0 spiro atoms. The van der Waals surface area contributed by atoms with Gasteiger partial charge in [-0.25, -0.2) is 9.18 Å². The van der Waals surface area contributed by atoms with Crippen molar-refractivity contribution in [3.8, 4) is 0 Å². The van der Waals surface area contributed by atoms with Gasteiger partial charge < -0.3 is 10.0 Å². The maximum absolute atomic E-state index is 13.5. The SMILES string of the molecule is CCN(CC=C(C)C(=O)O)c1ccccc1F. The van der Waals surface area contributed by atoms with Crippen LogP contribution < -0.4 is 4.90 Å². The molecule has 0 aliphatic rings. The number of carbonyl (C=O) groups is 1. The molecule has 0 aliphatic heterocycles. The van der Waals surface area contributed by atoms with E-state index in [1.165, 1.54) is 13.0 Å². The molecule has 4 heteroatoms. The molecular weight excluding hydrogens is 221 g/mol. The highest BCUT2D eigenvalue weighted by atomic mass is 19.1. The van der Waals surface area contributed by atoms with Crippen LogP contribution in [0.5, 0.6) is 0 Å². The fraction of sp³-hybridized carbons (Fsp3) is 0.308. The van der Waals surface area contributed by atoms with Crippen molar-refractivity contribution in [3.63, 3.8) is 0 Å². The predicted molar refractivity (Wildman–Crippen MR) is 65.7 cm³/mol. The standard InChI is InChI=1S/C13H16FNO2/c1-3-15(9-8-10(2)13(16)17)12-7-5-4-6-11(12)14/h4-8H,3,9H2,1-2H3,(H,16,17). The highest BCUT2D eigenvalue weighted by Crippen LogP contribution is 2.18. The third-order valence-corrected chi connectivity index (χ3v) is 2.53. The Morgan fingerprint density at radius 3 is 2.65 bits per heavy atom. The van der Waals surface area contributed by atoms with Gasteiger partial charge >= 0.3 is 5.97 Å². The van der Waals surface area contributed by atoms with E-state index in [0.29, 0.717) is 18.8 Å². The van der Waals surface area contributed by atoms with Gasteiger partial charge in [0.1, 0.15) is 5.82 Å². The van der Waals surface area contributed by atoms with E-state index in [-0.39, 0.29) is 11.4 Å². The van der Waals surface area contributed by atoms with Gasteiger partial charge in [-0.2, -0.15) is 0 Å². The van der Waals surface area contributed by atoms with Crippen molar-refractivity contribution in [3.05, 3.63) is 41.7 Å². The molecule has 3 nitrogen and oxygen atoms in total. The minimum absolute atomic E-state index is 0.264. The first kappa shape index (κ1) is 13.2. The largest absolute Gasteiger partial charge is 0.478 e. The van der Waals surface area contributed by atoms with Gasteiger partial charge in [0.15, 0.2) is 0 Å². The maximum Gasteiger partial charge on any atom is 0.331 e. The molecule has 0 radical (unpaired) electrons. The second-order valence-corrected chi connectivity index (χ2v) is 3.68. The molecule has 0 unspecified atom stereocenters. The number of para-hydroxylation sites is 1. The zero-order chi connectivity index (χ0) is 12.8. The van der Waals surface area contributed by atoms with Crippen molar-refractivity contribution in [1.29, 1.82) is 0 Å². The molecule has 0 aliphatic carbocycles. The van der Waals surface area contributed by atoms with Gasteiger partial charge in [0.05, 0.1) is 5.69 Å². The van der Waals surface area contributed by atoms with Gasteiger partial charge in [0.2, 0.25) is 0 Å². The molecule has 92 valence electrons. The van der Waals surface area contributed by atoms with Gasteiger partial charge in [-0.15, -0.1) is 0 Å². The molecular formula is C13H16FNO2. The lowest BCUT2D eigenvalue weighted by molar-refractivity contribution is -0.132. The van der Waals surface area contributed by atoms with Crippen molar-refractivity contribution < 1.29 is 14.3 Å². The average Bonchev–Trinajstić information content (AvgIpc) is 2.31. The number of nitrogens with zero attached hydrogens (tertiary/aromatic N) is 1. The van der Waals surface area contributed by atoms with E-state index in [0.717, 1.165) is 0 Å². The number of carboxylic acids is 1. The predicted octanol–water partition coefficient (Wildman–Crippen LogP) is 2.68. The lowest BCUT2D eigenvalue weighted by Gasteiger charge is -2.22. The minimum atomic E-state index is -0.949. The van der Waals surface area contributed by atoms with Crippen LogP contribution in [0.4, 0.5) is 10.1 Å². The average molecular weight is 237 g/mol. The summed E-state index contributed by atoms with van der Waals surface area (Å²) in [6.45, 7) is 4.42. The first-order chi connectivity index (χ1) is 8.06. The molecule has 0 saturated carbocycles. The van der Waals surface area contributed by atoms with Crippen molar-refractivity contribution in [2.24, 2.45) is 0 Å². The summed E-state index contributed by atoms with van der Waals surface area (Å²) in [5.74, 6) is -1.25. The van der Waals surface area contributed by atoms with Crippen LogP contribution in [0.25, 0.3) is 0 Å². The lowest BCUT2D eigenvalue weighted by atomic mass is 10.2. The number of aliphatic carboxylic acids is 1. The molecule has 1 aromatic rings. The second kappa shape index (κ2) is 6.03. The lowest BCUT2D eigenvalue weighted by Crippen LogP contribution is -2.24. The number of carboxylic acid groups (broad SMARTS) is 1. The number of hydrogen-bond acceptors (Lipinski definition) is 2. The second-order valence-electron chi connectivity index (χ2n) is 3.68. The summed E-state index contributed by atoms with van der Waals surface area (Å²) in [7, 11) is 0. The molecule has 0 fully saturated rings. The summed E-state index contributed by atoms with van der Waals surface area (Å²) < 4.78 is 13.5. The smallest absolute Gasteiger partial charge is 0.331 e. The summed E-state index contributed by atoms with van der Waals surface area (Å²) in [5.41, 5.74) is 0.754. The van der Waals surface area contributed by atoms with Gasteiger partial charge in [-0.1, -0.05) is 18.2 Å². The summed E-state index contributed by atoms with van der Waals surface area (Å²) in [5, 5.41) is 8.73. The number of benzene rings is 1. The van der Waals surface area contributed by atoms with Gasteiger partial charge in [-0.05, 0) is 26.0 Å². The van der Waals surface area contributed by atoms with Crippen LogP contribution in [0, 0.1) is 5.82 Å². The molecule has 17 heavy (non-hydrogen) atoms. The van der Waals surface area contributed by atoms with E-state index in [1.54, 1.807) is 29.2 Å². The highest BCUT2D eigenvalue weighted by molar-refractivity contribution is 5.85. The summed E-state index contributed by atoms with van der Waals surface area (Å²) in [6.07, 6.45) is 1.58. The summed E-state index contributed by atoms with van der Waals surface area (Å²) >= 11 is 0. The van der Waals surface area contributed by atoms with Crippen LogP contribution in [-0.2, 0) is 4.79 Å². The van der Waals surface area contributed by atoms with Gasteiger partial charge in [0.25, 0.3) is 0 Å². The molecule has 0 heterocycles. The van der Waals surface area contributed by atoms with Crippen molar-refractivity contribution >= 4 is 11.7 Å². The molecule has 1 rings (SSSR count).